The molecule has 0 aromatic carbocycles. The predicted molar refractivity (Wildman–Crippen MR) is 85.3 cm³/mol. The Kier molecular flexibility index (Phi) is 8.46. The van der Waals surface area contributed by atoms with E-state index in [9.17, 15) is 0 Å². The highest BCUT2D eigenvalue weighted by Gasteiger charge is 2.48. The first kappa shape index (κ1) is 20.9. The van der Waals surface area contributed by atoms with Crippen LogP contribution in [0.5, 0.6) is 0 Å². The van der Waals surface area contributed by atoms with Crippen molar-refractivity contribution >= 4 is 0 Å². The van der Waals surface area contributed by atoms with Gasteiger partial charge in [-0.25, -0.2) is 0 Å². The average molecular weight is 366 g/mol. The van der Waals surface area contributed by atoms with Crippen molar-refractivity contribution in [2.24, 2.45) is 0 Å². The van der Waals surface area contributed by atoms with Gasteiger partial charge in [0.15, 0.2) is 12.6 Å². The normalized spacial score (nSPS) is 42.5. The lowest BCUT2D eigenvalue weighted by atomic mass is 10.0. The SMILES string of the molecule is COC1COC(OC)C(OC)C1O[C@@H]1OC[C@@H](OC)[C@H](OC)[C@H]1OC. The summed E-state index contributed by atoms with van der Waals surface area (Å²) >= 11 is 0. The van der Waals surface area contributed by atoms with E-state index in [1.165, 1.54) is 0 Å². The van der Waals surface area contributed by atoms with Gasteiger partial charge in [-0.1, -0.05) is 0 Å². The van der Waals surface area contributed by atoms with E-state index in [1.54, 1.807) is 42.7 Å². The van der Waals surface area contributed by atoms with Crippen LogP contribution in [0.3, 0.4) is 0 Å². The molecular formula is C16H30O9. The molecule has 0 N–H and O–H groups in total. The smallest absolute Gasteiger partial charge is 0.187 e. The lowest BCUT2D eigenvalue weighted by molar-refractivity contribution is -0.340. The van der Waals surface area contributed by atoms with Crippen LogP contribution in [0.4, 0.5) is 0 Å². The van der Waals surface area contributed by atoms with Crippen LogP contribution in [0.2, 0.25) is 0 Å². The van der Waals surface area contributed by atoms with E-state index in [0.29, 0.717) is 13.2 Å². The lowest BCUT2D eigenvalue weighted by Crippen LogP contribution is -2.61. The fourth-order valence-corrected chi connectivity index (χ4v) is 3.31. The van der Waals surface area contributed by atoms with E-state index in [1.807, 2.05) is 0 Å². The van der Waals surface area contributed by atoms with Crippen LogP contribution >= 0.6 is 0 Å². The van der Waals surface area contributed by atoms with Gasteiger partial charge in [-0.15, -0.1) is 0 Å². The summed E-state index contributed by atoms with van der Waals surface area (Å²) in [6.45, 7) is 0.643. The fourth-order valence-electron chi connectivity index (χ4n) is 3.31. The van der Waals surface area contributed by atoms with E-state index < -0.39 is 30.9 Å². The molecule has 2 aliphatic heterocycles. The van der Waals surface area contributed by atoms with Gasteiger partial charge in [-0.05, 0) is 0 Å². The Labute approximate surface area is 148 Å². The van der Waals surface area contributed by atoms with E-state index in [-0.39, 0.29) is 18.3 Å². The maximum absolute atomic E-state index is 6.21. The third kappa shape index (κ3) is 4.49. The number of rotatable bonds is 8. The molecule has 0 bridgehead atoms. The van der Waals surface area contributed by atoms with Crippen LogP contribution in [-0.2, 0) is 42.6 Å². The highest BCUT2D eigenvalue weighted by molar-refractivity contribution is 4.91. The molecule has 2 fully saturated rings. The predicted octanol–water partition coefficient (Wildman–Crippen LogP) is -0.194. The third-order valence-electron chi connectivity index (χ3n) is 4.71. The Balaban J connectivity index is 2.15. The summed E-state index contributed by atoms with van der Waals surface area (Å²) in [6, 6.07) is 0. The van der Waals surface area contributed by atoms with Crippen molar-refractivity contribution in [3.05, 3.63) is 0 Å². The highest BCUT2D eigenvalue weighted by atomic mass is 16.7. The maximum Gasteiger partial charge on any atom is 0.187 e. The second-order valence-electron chi connectivity index (χ2n) is 5.89. The van der Waals surface area contributed by atoms with Crippen molar-refractivity contribution in [3.63, 3.8) is 0 Å². The van der Waals surface area contributed by atoms with Gasteiger partial charge < -0.3 is 42.6 Å². The number of methoxy groups -OCH3 is 6. The molecule has 0 aromatic rings. The minimum atomic E-state index is -0.669. The molecule has 2 heterocycles. The topological polar surface area (TPSA) is 83.1 Å². The zero-order chi connectivity index (χ0) is 18.4. The molecule has 4 unspecified atom stereocenters. The largest absolute Gasteiger partial charge is 0.376 e. The quantitative estimate of drug-likeness (QED) is 0.580. The monoisotopic (exact) mass is 366 g/mol. The molecule has 9 nitrogen and oxygen atoms in total. The first-order valence-corrected chi connectivity index (χ1v) is 8.20. The van der Waals surface area contributed by atoms with Gasteiger partial charge in [0, 0.05) is 42.7 Å². The van der Waals surface area contributed by atoms with E-state index in [2.05, 4.69) is 0 Å². The molecule has 2 aliphatic rings. The molecule has 148 valence electrons. The van der Waals surface area contributed by atoms with Crippen molar-refractivity contribution in [3.8, 4) is 0 Å². The molecule has 2 saturated heterocycles. The summed E-state index contributed by atoms with van der Waals surface area (Å²) in [5.74, 6) is 0. The van der Waals surface area contributed by atoms with Crippen molar-refractivity contribution < 1.29 is 42.6 Å². The van der Waals surface area contributed by atoms with Crippen LogP contribution in [0, 0.1) is 0 Å². The fraction of sp³-hybridized carbons (Fsp3) is 1.00. The molecule has 0 aromatic heterocycles. The standard InChI is InChI=1S/C16H30O9/c1-17-9-7-24-16(13(20-4)11(9)19-3)25-12-10(18-2)8-23-15(22-6)14(12)21-5/h9-16H,7-8H2,1-6H3/t9-,10?,11+,12?,13-,14?,15?,16+/m1/s1. The summed E-state index contributed by atoms with van der Waals surface area (Å²) in [5, 5.41) is 0. The molecule has 25 heavy (non-hydrogen) atoms. The molecular weight excluding hydrogens is 336 g/mol. The highest BCUT2D eigenvalue weighted by Crippen LogP contribution is 2.29. The molecule has 2 rings (SSSR count). The first-order valence-electron chi connectivity index (χ1n) is 8.20. The molecule has 0 saturated carbocycles. The minimum Gasteiger partial charge on any atom is -0.376 e. The number of hydrogen-bond acceptors (Lipinski definition) is 9. The van der Waals surface area contributed by atoms with Gasteiger partial charge in [-0.2, -0.15) is 0 Å². The van der Waals surface area contributed by atoms with Crippen LogP contribution in [0.15, 0.2) is 0 Å². The summed E-state index contributed by atoms with van der Waals surface area (Å²) < 4.78 is 50.5. The minimum absolute atomic E-state index is 0.243. The Bertz CT molecular complexity index is 383. The van der Waals surface area contributed by atoms with Crippen molar-refractivity contribution in [1.29, 1.82) is 0 Å². The van der Waals surface area contributed by atoms with Crippen LogP contribution in [0.25, 0.3) is 0 Å². The third-order valence-corrected chi connectivity index (χ3v) is 4.71. The zero-order valence-corrected chi connectivity index (χ0v) is 15.7. The average Bonchev–Trinajstić information content (AvgIpc) is 2.66. The molecule has 0 radical (unpaired) electrons. The molecule has 0 aliphatic carbocycles. The first-order chi connectivity index (χ1) is 12.1. The van der Waals surface area contributed by atoms with Crippen LogP contribution < -0.4 is 0 Å². The lowest BCUT2D eigenvalue weighted by Gasteiger charge is -2.45. The van der Waals surface area contributed by atoms with Gasteiger partial charge in [0.05, 0.1) is 13.2 Å². The van der Waals surface area contributed by atoms with Gasteiger partial charge in [-0.3, -0.25) is 0 Å². The van der Waals surface area contributed by atoms with Crippen molar-refractivity contribution in [2.45, 2.75) is 49.2 Å². The Morgan fingerprint density at radius 1 is 0.520 bits per heavy atom. The van der Waals surface area contributed by atoms with E-state index in [0.717, 1.165) is 0 Å². The molecule has 9 heteroatoms. The maximum atomic E-state index is 6.21. The summed E-state index contributed by atoms with van der Waals surface area (Å²) in [5.41, 5.74) is 0. The molecule has 0 amide bonds. The Morgan fingerprint density at radius 3 is 1.48 bits per heavy atom. The second-order valence-corrected chi connectivity index (χ2v) is 5.89. The van der Waals surface area contributed by atoms with Crippen molar-refractivity contribution in [1.82, 2.24) is 0 Å². The van der Waals surface area contributed by atoms with E-state index >= 15 is 0 Å². The molecule has 8 atom stereocenters. The van der Waals surface area contributed by atoms with Crippen LogP contribution in [0.1, 0.15) is 0 Å². The van der Waals surface area contributed by atoms with Gasteiger partial charge in [0.1, 0.15) is 36.6 Å². The van der Waals surface area contributed by atoms with Gasteiger partial charge in [0.25, 0.3) is 0 Å². The number of ether oxygens (including phenoxy) is 9. The Morgan fingerprint density at radius 2 is 1.00 bits per heavy atom. The zero-order valence-electron chi connectivity index (χ0n) is 15.7. The van der Waals surface area contributed by atoms with Crippen molar-refractivity contribution in [2.75, 3.05) is 55.9 Å². The summed E-state index contributed by atoms with van der Waals surface area (Å²) in [4.78, 5) is 0. The van der Waals surface area contributed by atoms with Gasteiger partial charge >= 0.3 is 0 Å². The second kappa shape index (κ2) is 10.1. The summed E-state index contributed by atoms with van der Waals surface area (Å²) in [7, 11) is 9.52. The molecule has 0 spiro atoms. The van der Waals surface area contributed by atoms with Crippen LogP contribution in [-0.4, -0.2) is 105 Å². The van der Waals surface area contributed by atoms with Gasteiger partial charge in [0.2, 0.25) is 0 Å². The number of hydrogen-bond donors (Lipinski definition) is 0. The van der Waals surface area contributed by atoms with E-state index in [4.69, 9.17) is 42.6 Å². The summed E-state index contributed by atoms with van der Waals surface area (Å²) in [6.07, 6.45) is -3.55. The Hall–Kier alpha value is -0.360.